The molecule has 0 saturated carbocycles. The molecule has 19 heavy (non-hydrogen) atoms. The topological polar surface area (TPSA) is 44.1 Å². The quantitative estimate of drug-likeness (QED) is 0.836. The zero-order valence-corrected chi connectivity index (χ0v) is 13.0. The minimum atomic E-state index is -0.273. The molecule has 0 bridgehead atoms. The van der Waals surface area contributed by atoms with Crippen molar-refractivity contribution in [3.63, 3.8) is 0 Å². The molecule has 0 spiro atoms. The van der Waals surface area contributed by atoms with Gasteiger partial charge in [-0.05, 0) is 48.0 Å². The van der Waals surface area contributed by atoms with Gasteiger partial charge in [-0.2, -0.15) is 9.78 Å². The molecule has 0 unspecified atom stereocenters. The van der Waals surface area contributed by atoms with Crippen LogP contribution in [0.5, 0.6) is 5.75 Å². The van der Waals surface area contributed by atoms with E-state index in [1.54, 1.807) is 18.2 Å². The molecule has 4 nitrogen and oxygen atoms in total. The highest BCUT2D eigenvalue weighted by Crippen LogP contribution is 2.26. The van der Waals surface area contributed by atoms with E-state index < -0.39 is 0 Å². The molecule has 0 aliphatic rings. The average Bonchev–Trinajstić information content (AvgIpc) is 2.65. The summed E-state index contributed by atoms with van der Waals surface area (Å²) in [5, 5.41) is 4.69. The third kappa shape index (κ3) is 2.53. The van der Waals surface area contributed by atoms with Gasteiger partial charge in [0.2, 0.25) is 0 Å². The van der Waals surface area contributed by atoms with Gasteiger partial charge in [0.1, 0.15) is 5.75 Å². The van der Waals surface area contributed by atoms with Gasteiger partial charge < -0.3 is 4.74 Å². The maximum Gasteiger partial charge on any atom is 0.282 e. The molecule has 0 fully saturated rings. The summed E-state index contributed by atoms with van der Waals surface area (Å²) >= 11 is 9.33. The Morgan fingerprint density at radius 2 is 2.11 bits per heavy atom. The molecule has 2 aromatic rings. The van der Waals surface area contributed by atoms with Gasteiger partial charge >= 0.3 is 0 Å². The van der Waals surface area contributed by atoms with Crippen LogP contribution in [-0.2, 0) is 0 Å². The Hall–Kier alpha value is -1.33. The van der Waals surface area contributed by atoms with Crippen molar-refractivity contribution >= 4 is 33.4 Å². The summed E-state index contributed by atoms with van der Waals surface area (Å²) in [5.41, 5.74) is 1.88. The first-order valence-corrected chi connectivity index (χ1v) is 6.72. The number of aromatic nitrogens is 2. The minimum Gasteiger partial charge on any atom is -0.496 e. The highest BCUT2D eigenvalue weighted by atomic mass is 79.9. The molecular formula is C13H12BrClN2O2. The van der Waals surface area contributed by atoms with Crippen molar-refractivity contribution in [2.24, 2.45) is 0 Å². The lowest BCUT2D eigenvalue weighted by Gasteiger charge is -2.09. The lowest BCUT2D eigenvalue weighted by atomic mass is 10.2. The molecule has 2 rings (SSSR count). The molecule has 1 aromatic heterocycles. The summed E-state index contributed by atoms with van der Waals surface area (Å²) in [6.45, 7) is 3.65. The first kappa shape index (κ1) is 14.1. The van der Waals surface area contributed by atoms with E-state index in [9.17, 15) is 4.79 Å². The highest BCUT2D eigenvalue weighted by Gasteiger charge is 2.20. The average molecular weight is 344 g/mol. The van der Waals surface area contributed by atoms with E-state index in [2.05, 4.69) is 21.0 Å². The molecule has 0 aliphatic heterocycles. The van der Waals surface area contributed by atoms with Crippen LogP contribution < -0.4 is 4.74 Å². The van der Waals surface area contributed by atoms with Crippen LogP contribution >= 0.6 is 27.5 Å². The van der Waals surface area contributed by atoms with Crippen molar-refractivity contribution in [3.05, 3.63) is 44.6 Å². The fourth-order valence-corrected chi connectivity index (χ4v) is 2.20. The van der Waals surface area contributed by atoms with Gasteiger partial charge in [-0.1, -0.05) is 11.6 Å². The predicted octanol–water partition coefficient (Wildman–Crippen LogP) is 3.61. The smallest absolute Gasteiger partial charge is 0.282 e. The lowest BCUT2D eigenvalue weighted by Crippen LogP contribution is -2.16. The fraction of sp³-hybridized carbons (Fsp3) is 0.231. The van der Waals surface area contributed by atoms with Crippen LogP contribution in [0.3, 0.4) is 0 Å². The van der Waals surface area contributed by atoms with Crippen molar-refractivity contribution in [3.8, 4) is 5.75 Å². The van der Waals surface area contributed by atoms with Gasteiger partial charge in [-0.15, -0.1) is 0 Å². The zero-order chi connectivity index (χ0) is 14.2. The molecule has 1 aromatic carbocycles. The number of ether oxygens (including phenoxy) is 1. The molecule has 0 amide bonds. The monoisotopic (exact) mass is 342 g/mol. The Morgan fingerprint density at radius 1 is 1.42 bits per heavy atom. The number of halogens is 2. The van der Waals surface area contributed by atoms with Gasteiger partial charge in [0.05, 0.1) is 28.5 Å². The van der Waals surface area contributed by atoms with Crippen LogP contribution in [-0.4, -0.2) is 22.8 Å². The maximum absolute atomic E-state index is 12.5. The Labute approximate surface area is 124 Å². The molecule has 0 saturated heterocycles. The predicted molar refractivity (Wildman–Crippen MR) is 77.1 cm³/mol. The van der Waals surface area contributed by atoms with E-state index in [0.29, 0.717) is 16.3 Å². The Balaban J connectivity index is 2.55. The highest BCUT2D eigenvalue weighted by molar-refractivity contribution is 9.10. The normalized spacial score (nSPS) is 10.6. The van der Waals surface area contributed by atoms with Crippen molar-refractivity contribution in [1.82, 2.24) is 9.78 Å². The Kier molecular flexibility index (Phi) is 3.96. The minimum absolute atomic E-state index is 0.273. The van der Waals surface area contributed by atoms with Gasteiger partial charge in [0.25, 0.3) is 5.91 Å². The summed E-state index contributed by atoms with van der Waals surface area (Å²) in [6.07, 6.45) is 0. The van der Waals surface area contributed by atoms with Crippen molar-refractivity contribution < 1.29 is 9.53 Å². The van der Waals surface area contributed by atoms with E-state index in [0.717, 1.165) is 15.9 Å². The van der Waals surface area contributed by atoms with Crippen LogP contribution in [0.1, 0.15) is 21.7 Å². The van der Waals surface area contributed by atoms with Gasteiger partial charge in [-0.3, -0.25) is 4.79 Å². The molecular weight excluding hydrogens is 332 g/mol. The Morgan fingerprint density at radius 3 is 2.63 bits per heavy atom. The van der Waals surface area contributed by atoms with Gasteiger partial charge in [0.15, 0.2) is 0 Å². The number of carbonyl (C=O) groups excluding carboxylic acids is 1. The molecule has 0 N–H and O–H groups in total. The maximum atomic E-state index is 12.5. The molecule has 1 heterocycles. The van der Waals surface area contributed by atoms with Crippen LogP contribution in [0, 0.1) is 13.8 Å². The van der Waals surface area contributed by atoms with E-state index >= 15 is 0 Å². The van der Waals surface area contributed by atoms with Crippen molar-refractivity contribution in [1.29, 1.82) is 0 Å². The standard InChI is InChI=1S/C13H12BrClN2O2/c1-7-12(14)8(2)17(16-7)13(18)10-6-9(15)4-5-11(10)19-3/h4-6H,1-3H3. The molecule has 0 atom stereocenters. The molecule has 0 radical (unpaired) electrons. The van der Waals surface area contributed by atoms with E-state index in [4.69, 9.17) is 16.3 Å². The summed E-state index contributed by atoms with van der Waals surface area (Å²) in [5.74, 6) is 0.198. The summed E-state index contributed by atoms with van der Waals surface area (Å²) < 4.78 is 7.35. The SMILES string of the molecule is COc1ccc(Cl)cc1C(=O)n1nc(C)c(Br)c1C. The van der Waals surface area contributed by atoms with Crippen molar-refractivity contribution in [2.45, 2.75) is 13.8 Å². The van der Waals surface area contributed by atoms with Gasteiger partial charge in [0, 0.05) is 5.02 Å². The lowest BCUT2D eigenvalue weighted by molar-refractivity contribution is 0.0939. The van der Waals surface area contributed by atoms with E-state index in [-0.39, 0.29) is 5.91 Å². The van der Waals surface area contributed by atoms with Crippen LogP contribution in [0.25, 0.3) is 0 Å². The van der Waals surface area contributed by atoms with Crippen LogP contribution in [0.15, 0.2) is 22.7 Å². The fourth-order valence-electron chi connectivity index (χ4n) is 1.78. The first-order chi connectivity index (χ1) is 8.95. The second kappa shape index (κ2) is 5.35. The number of carbonyl (C=O) groups is 1. The second-order valence-corrected chi connectivity index (χ2v) is 5.28. The third-order valence-corrected chi connectivity index (χ3v) is 4.17. The van der Waals surface area contributed by atoms with Crippen LogP contribution in [0.2, 0.25) is 5.02 Å². The largest absolute Gasteiger partial charge is 0.496 e. The zero-order valence-electron chi connectivity index (χ0n) is 10.7. The molecule has 6 heteroatoms. The number of nitrogens with zero attached hydrogens (tertiary/aromatic N) is 2. The molecule has 0 aliphatic carbocycles. The third-order valence-electron chi connectivity index (χ3n) is 2.79. The Bertz CT molecular complexity index is 652. The van der Waals surface area contributed by atoms with Crippen LogP contribution in [0.4, 0.5) is 0 Å². The number of rotatable bonds is 2. The number of methoxy groups -OCH3 is 1. The van der Waals surface area contributed by atoms with E-state index in [1.165, 1.54) is 11.8 Å². The second-order valence-electron chi connectivity index (χ2n) is 4.05. The van der Waals surface area contributed by atoms with Crippen molar-refractivity contribution in [2.75, 3.05) is 7.11 Å². The summed E-state index contributed by atoms with van der Waals surface area (Å²) in [6, 6.07) is 4.91. The number of hydrogen-bond acceptors (Lipinski definition) is 3. The number of hydrogen-bond donors (Lipinski definition) is 0. The summed E-state index contributed by atoms with van der Waals surface area (Å²) in [7, 11) is 1.51. The molecule has 100 valence electrons. The first-order valence-electron chi connectivity index (χ1n) is 5.55. The number of benzene rings is 1. The number of aryl methyl sites for hydroxylation is 1. The van der Waals surface area contributed by atoms with E-state index in [1.807, 2.05) is 13.8 Å². The van der Waals surface area contributed by atoms with Gasteiger partial charge in [-0.25, -0.2) is 0 Å². The summed E-state index contributed by atoms with van der Waals surface area (Å²) in [4.78, 5) is 12.5.